The van der Waals surface area contributed by atoms with Crippen molar-refractivity contribution in [3.8, 4) is 0 Å². The number of amides is 1. The van der Waals surface area contributed by atoms with Crippen LogP contribution in [0.2, 0.25) is 0 Å². The van der Waals surface area contributed by atoms with Crippen molar-refractivity contribution in [3.63, 3.8) is 0 Å². The van der Waals surface area contributed by atoms with Gasteiger partial charge >= 0.3 is 5.97 Å². The molecule has 30 heavy (non-hydrogen) atoms. The van der Waals surface area contributed by atoms with Crippen LogP contribution in [-0.2, 0) is 21.4 Å². The number of nitrogens with zero attached hydrogens (tertiary/aromatic N) is 1. The smallest absolute Gasteiger partial charge is 0.308 e. The number of aromatic nitrogens is 1. The summed E-state index contributed by atoms with van der Waals surface area (Å²) in [5.74, 6) is -1.80. The summed E-state index contributed by atoms with van der Waals surface area (Å²) in [7, 11) is 1.86. The van der Waals surface area contributed by atoms with E-state index in [0.717, 1.165) is 22.0 Å². The number of aryl methyl sites for hydroxylation is 2. The van der Waals surface area contributed by atoms with Gasteiger partial charge in [0.2, 0.25) is 0 Å². The Morgan fingerprint density at radius 1 is 1.03 bits per heavy atom. The van der Waals surface area contributed by atoms with Gasteiger partial charge in [0, 0.05) is 23.6 Å². The van der Waals surface area contributed by atoms with Crippen LogP contribution in [0.1, 0.15) is 46.6 Å². The van der Waals surface area contributed by atoms with Gasteiger partial charge in [0.1, 0.15) is 0 Å². The number of nitrogens with one attached hydrogen (secondary N) is 1. The quantitative estimate of drug-likeness (QED) is 0.368. The molecule has 2 aromatic carbocycles. The van der Waals surface area contributed by atoms with Crippen LogP contribution in [0, 0.1) is 13.8 Å². The van der Waals surface area contributed by atoms with Gasteiger partial charge in [-0.25, -0.2) is 0 Å². The number of para-hydroxylation sites is 1. The van der Waals surface area contributed by atoms with Crippen molar-refractivity contribution < 1.29 is 19.1 Å². The Balaban J connectivity index is 1.90. The fraction of sp³-hybridized carbons (Fsp3) is 0.292. The van der Waals surface area contributed by atoms with Gasteiger partial charge < -0.3 is 14.6 Å². The number of fused-ring (bicyclic) bond motifs is 1. The van der Waals surface area contributed by atoms with Crippen molar-refractivity contribution in [2.45, 2.75) is 33.2 Å². The van der Waals surface area contributed by atoms with Crippen molar-refractivity contribution in [2.24, 2.45) is 7.05 Å². The monoisotopic (exact) mass is 406 g/mol. The highest BCUT2D eigenvalue weighted by molar-refractivity contribution is 6.45. The average molecular weight is 406 g/mol. The number of Topliss-reactive ketones (excluding diaryl/α,β-unsaturated/α-hetero) is 1. The molecule has 6 heteroatoms. The maximum absolute atomic E-state index is 13.1. The molecule has 156 valence electrons. The molecule has 1 heterocycles. The number of ether oxygens (including phenoxy) is 1. The molecule has 0 spiro atoms. The van der Waals surface area contributed by atoms with E-state index in [4.69, 9.17) is 4.74 Å². The lowest BCUT2D eigenvalue weighted by Crippen LogP contribution is -2.36. The molecule has 0 unspecified atom stereocenters. The van der Waals surface area contributed by atoms with Crippen molar-refractivity contribution in [1.82, 2.24) is 9.88 Å². The second-order valence-corrected chi connectivity index (χ2v) is 7.31. The van der Waals surface area contributed by atoms with E-state index >= 15 is 0 Å². The molecule has 0 aliphatic carbocycles. The van der Waals surface area contributed by atoms with Crippen LogP contribution < -0.4 is 5.32 Å². The van der Waals surface area contributed by atoms with Crippen LogP contribution in [0.15, 0.2) is 48.5 Å². The first kappa shape index (κ1) is 21.3. The van der Waals surface area contributed by atoms with Gasteiger partial charge in [0.15, 0.2) is 0 Å². The molecule has 0 radical (unpaired) electrons. The SMILES string of the molecule is CCOC(=O)C[C@H](NC(=O)C(=O)c1c(C)n(C)c2ccccc12)c1ccc(C)cc1. The van der Waals surface area contributed by atoms with Gasteiger partial charge in [-0.3, -0.25) is 14.4 Å². The predicted molar refractivity (Wildman–Crippen MR) is 115 cm³/mol. The number of hydrogen-bond donors (Lipinski definition) is 1. The molecule has 0 saturated heterocycles. The summed E-state index contributed by atoms with van der Waals surface area (Å²) in [6.07, 6.45) is -0.0512. The minimum absolute atomic E-state index is 0.0512. The standard InChI is InChI=1S/C24H26N2O4/c1-5-30-21(27)14-19(17-12-10-15(2)11-13-17)25-24(29)23(28)22-16(3)26(4)20-9-7-6-8-18(20)22/h6-13,19H,5,14H2,1-4H3,(H,25,29)/t19-/m0/s1. The Morgan fingerprint density at radius 3 is 2.37 bits per heavy atom. The molecule has 0 fully saturated rings. The maximum atomic E-state index is 13.1. The van der Waals surface area contributed by atoms with Gasteiger partial charge in [-0.2, -0.15) is 0 Å². The number of carbonyl (C=O) groups excluding carboxylic acids is 3. The lowest BCUT2D eigenvalue weighted by Gasteiger charge is -2.18. The fourth-order valence-corrected chi connectivity index (χ4v) is 3.58. The fourth-order valence-electron chi connectivity index (χ4n) is 3.58. The molecule has 3 aromatic rings. The highest BCUT2D eigenvalue weighted by Gasteiger charge is 2.27. The molecule has 3 rings (SSSR count). The topological polar surface area (TPSA) is 77.4 Å². The Labute approximate surface area is 175 Å². The summed E-state index contributed by atoms with van der Waals surface area (Å²) in [6.45, 7) is 5.75. The second-order valence-electron chi connectivity index (χ2n) is 7.31. The molecule has 1 N–H and O–H groups in total. The Morgan fingerprint density at radius 2 is 1.70 bits per heavy atom. The van der Waals surface area contributed by atoms with Crippen LogP contribution in [0.5, 0.6) is 0 Å². The van der Waals surface area contributed by atoms with E-state index in [-0.39, 0.29) is 13.0 Å². The summed E-state index contributed by atoms with van der Waals surface area (Å²) < 4.78 is 6.94. The number of esters is 1. The first-order chi connectivity index (χ1) is 14.3. The first-order valence-electron chi connectivity index (χ1n) is 9.94. The molecule has 0 saturated carbocycles. The molecule has 0 bridgehead atoms. The average Bonchev–Trinajstić information content (AvgIpc) is 2.98. The van der Waals surface area contributed by atoms with Crippen LogP contribution in [0.3, 0.4) is 0 Å². The van der Waals surface area contributed by atoms with E-state index in [0.29, 0.717) is 11.3 Å². The summed E-state index contributed by atoms with van der Waals surface area (Å²) in [5.41, 5.74) is 3.78. The Bertz CT molecular complexity index is 1100. The van der Waals surface area contributed by atoms with E-state index in [1.165, 1.54) is 0 Å². The number of rotatable bonds is 7. The third-order valence-electron chi connectivity index (χ3n) is 5.29. The van der Waals surface area contributed by atoms with Gasteiger partial charge in [0.25, 0.3) is 11.7 Å². The minimum Gasteiger partial charge on any atom is -0.466 e. The van der Waals surface area contributed by atoms with E-state index in [9.17, 15) is 14.4 Å². The van der Waals surface area contributed by atoms with E-state index in [1.54, 1.807) is 6.92 Å². The summed E-state index contributed by atoms with van der Waals surface area (Å²) in [4.78, 5) is 38.1. The molecule has 0 aliphatic rings. The van der Waals surface area contributed by atoms with Crippen molar-refractivity contribution in [2.75, 3.05) is 6.61 Å². The minimum atomic E-state index is -0.746. The first-order valence-corrected chi connectivity index (χ1v) is 9.94. The molecular formula is C24H26N2O4. The van der Waals surface area contributed by atoms with Crippen LogP contribution in [0.4, 0.5) is 0 Å². The lowest BCUT2D eigenvalue weighted by molar-refractivity contribution is -0.143. The summed E-state index contributed by atoms with van der Waals surface area (Å²) in [6, 6.07) is 14.3. The number of hydrogen-bond acceptors (Lipinski definition) is 4. The van der Waals surface area contributed by atoms with Gasteiger partial charge in [-0.05, 0) is 32.4 Å². The molecule has 0 aliphatic heterocycles. The predicted octanol–water partition coefficient (Wildman–Crippen LogP) is 3.79. The van der Waals surface area contributed by atoms with Gasteiger partial charge in [-0.1, -0.05) is 48.0 Å². The normalized spacial score (nSPS) is 11.9. The van der Waals surface area contributed by atoms with Crippen LogP contribution >= 0.6 is 0 Å². The van der Waals surface area contributed by atoms with Crippen molar-refractivity contribution >= 4 is 28.6 Å². The molecule has 1 atom stereocenters. The highest BCUT2D eigenvalue weighted by atomic mass is 16.5. The van der Waals surface area contributed by atoms with Crippen LogP contribution in [0.25, 0.3) is 10.9 Å². The van der Waals surface area contributed by atoms with Crippen molar-refractivity contribution in [3.05, 3.63) is 70.9 Å². The second kappa shape index (κ2) is 8.95. The Kier molecular flexibility index (Phi) is 6.35. The molecule has 1 amide bonds. The third-order valence-corrected chi connectivity index (χ3v) is 5.29. The number of carbonyl (C=O) groups is 3. The maximum Gasteiger partial charge on any atom is 0.308 e. The zero-order valence-corrected chi connectivity index (χ0v) is 17.7. The Hall–Kier alpha value is -3.41. The number of benzene rings is 2. The molecule has 6 nitrogen and oxygen atoms in total. The van der Waals surface area contributed by atoms with Crippen LogP contribution in [-0.4, -0.2) is 28.8 Å². The molecule has 1 aromatic heterocycles. The van der Waals surface area contributed by atoms with E-state index < -0.39 is 23.7 Å². The summed E-state index contributed by atoms with van der Waals surface area (Å²) in [5, 5.41) is 3.47. The van der Waals surface area contributed by atoms with E-state index in [2.05, 4.69) is 5.32 Å². The zero-order chi connectivity index (χ0) is 21.8. The lowest BCUT2D eigenvalue weighted by atomic mass is 10.0. The van der Waals surface area contributed by atoms with Crippen molar-refractivity contribution in [1.29, 1.82) is 0 Å². The van der Waals surface area contributed by atoms with E-state index in [1.807, 2.05) is 74.0 Å². The van der Waals surface area contributed by atoms with Gasteiger partial charge in [0.05, 0.1) is 24.6 Å². The third kappa shape index (κ3) is 4.27. The number of ketones is 1. The summed E-state index contributed by atoms with van der Waals surface area (Å²) >= 11 is 0. The highest BCUT2D eigenvalue weighted by Crippen LogP contribution is 2.26. The zero-order valence-electron chi connectivity index (χ0n) is 17.7. The van der Waals surface area contributed by atoms with Gasteiger partial charge in [-0.15, -0.1) is 0 Å². The molecular weight excluding hydrogens is 380 g/mol. The largest absolute Gasteiger partial charge is 0.466 e.